The summed E-state index contributed by atoms with van der Waals surface area (Å²) in [7, 11) is 0. The maximum atomic E-state index is 12.3. The lowest BCUT2D eigenvalue weighted by molar-refractivity contribution is -0.146. The van der Waals surface area contributed by atoms with Crippen LogP contribution in [0, 0.1) is 0 Å². The van der Waals surface area contributed by atoms with Crippen molar-refractivity contribution in [3.63, 3.8) is 0 Å². The van der Waals surface area contributed by atoms with Gasteiger partial charge in [-0.1, -0.05) is 90.7 Å². The molecule has 0 fully saturated rings. The van der Waals surface area contributed by atoms with Gasteiger partial charge in [0, 0.05) is 0 Å². The van der Waals surface area contributed by atoms with E-state index in [1.165, 1.54) is 38.2 Å². The predicted molar refractivity (Wildman–Crippen MR) is 106 cm³/mol. The van der Waals surface area contributed by atoms with E-state index in [-0.39, 0.29) is 12.6 Å². The molecule has 0 aromatic rings. The quantitative estimate of drug-likeness (QED) is 0.208. The Morgan fingerprint density at radius 1 is 0.885 bits per heavy atom. The van der Waals surface area contributed by atoms with Crippen molar-refractivity contribution in [1.82, 2.24) is 5.32 Å². The molecule has 0 aromatic carbocycles. The number of carbonyl (C=O) groups excluding carboxylic acids is 2. The first kappa shape index (κ1) is 24.5. The lowest BCUT2D eigenvalue weighted by Gasteiger charge is -2.17. The van der Waals surface area contributed by atoms with Gasteiger partial charge in [-0.15, -0.1) is 0 Å². The SMILES string of the molecule is C=CCOC(=O)NC(CCCCCC)C(=O)OCCCCCCCCC. The molecule has 0 radical (unpaired) electrons. The number of alkyl carbamates (subject to hydrolysis) is 1. The molecule has 0 saturated carbocycles. The minimum absolute atomic E-state index is 0.126. The highest BCUT2D eigenvalue weighted by atomic mass is 16.6. The van der Waals surface area contributed by atoms with Crippen LogP contribution >= 0.6 is 0 Å². The Hall–Kier alpha value is -1.52. The smallest absolute Gasteiger partial charge is 0.408 e. The lowest BCUT2D eigenvalue weighted by Crippen LogP contribution is -2.42. The zero-order valence-electron chi connectivity index (χ0n) is 16.9. The standard InChI is InChI=1S/C21H39NO4/c1-4-7-9-11-12-13-15-18-25-20(23)19(16-14-10-8-5-2)22-21(24)26-17-6-3/h6,19H,3-5,7-18H2,1-2H3,(H,22,24). The summed E-state index contributed by atoms with van der Waals surface area (Å²) in [5.74, 6) is -0.358. The van der Waals surface area contributed by atoms with Gasteiger partial charge in [0.05, 0.1) is 6.61 Å². The van der Waals surface area contributed by atoms with E-state index in [0.29, 0.717) is 13.0 Å². The number of rotatable bonds is 17. The minimum atomic E-state index is -0.631. The molecule has 0 aliphatic heterocycles. The number of amides is 1. The van der Waals surface area contributed by atoms with Gasteiger partial charge < -0.3 is 14.8 Å². The highest BCUT2D eigenvalue weighted by Crippen LogP contribution is 2.09. The summed E-state index contributed by atoms with van der Waals surface area (Å²) >= 11 is 0. The van der Waals surface area contributed by atoms with Gasteiger partial charge in [0.25, 0.3) is 0 Å². The van der Waals surface area contributed by atoms with Gasteiger partial charge in [0.2, 0.25) is 0 Å². The molecule has 0 rings (SSSR count). The summed E-state index contributed by atoms with van der Waals surface area (Å²) in [5.41, 5.74) is 0. The molecule has 0 aliphatic rings. The van der Waals surface area contributed by atoms with Gasteiger partial charge in [-0.25, -0.2) is 9.59 Å². The van der Waals surface area contributed by atoms with Gasteiger partial charge in [-0.2, -0.15) is 0 Å². The van der Waals surface area contributed by atoms with Crippen LogP contribution < -0.4 is 5.32 Å². The third-order valence-corrected chi connectivity index (χ3v) is 4.25. The molecule has 0 heterocycles. The normalized spacial score (nSPS) is 11.6. The Labute approximate surface area is 159 Å². The van der Waals surface area contributed by atoms with Crippen molar-refractivity contribution in [2.75, 3.05) is 13.2 Å². The molecule has 26 heavy (non-hydrogen) atoms. The monoisotopic (exact) mass is 369 g/mol. The van der Waals surface area contributed by atoms with Crippen molar-refractivity contribution in [2.45, 2.75) is 96.9 Å². The molecule has 0 saturated heterocycles. The molecule has 1 unspecified atom stereocenters. The maximum Gasteiger partial charge on any atom is 0.408 e. The molecule has 5 heteroatoms. The van der Waals surface area contributed by atoms with Gasteiger partial charge in [-0.3, -0.25) is 0 Å². The molecular weight excluding hydrogens is 330 g/mol. The topological polar surface area (TPSA) is 64.6 Å². The van der Waals surface area contributed by atoms with Crippen LogP contribution in [-0.2, 0) is 14.3 Å². The predicted octanol–water partition coefficient (Wildman–Crippen LogP) is 5.53. The second kappa shape index (κ2) is 18.3. The fourth-order valence-corrected chi connectivity index (χ4v) is 2.68. The summed E-state index contributed by atoms with van der Waals surface area (Å²) in [6.07, 6.45) is 13.9. The Balaban J connectivity index is 4.10. The maximum absolute atomic E-state index is 12.3. The molecule has 1 amide bonds. The molecule has 0 spiro atoms. The van der Waals surface area contributed by atoms with Crippen molar-refractivity contribution in [3.05, 3.63) is 12.7 Å². The van der Waals surface area contributed by atoms with Crippen LogP contribution in [0.5, 0.6) is 0 Å². The summed E-state index contributed by atoms with van der Waals surface area (Å²) in [6.45, 7) is 8.39. The van der Waals surface area contributed by atoms with Crippen molar-refractivity contribution in [3.8, 4) is 0 Å². The number of ether oxygens (including phenoxy) is 2. The number of unbranched alkanes of at least 4 members (excludes halogenated alkanes) is 9. The van der Waals surface area contributed by atoms with Crippen molar-refractivity contribution >= 4 is 12.1 Å². The Bertz CT molecular complexity index is 371. The van der Waals surface area contributed by atoms with E-state index in [1.807, 2.05) is 0 Å². The second-order valence-corrected chi connectivity index (χ2v) is 6.72. The zero-order valence-corrected chi connectivity index (χ0v) is 16.9. The summed E-state index contributed by atoms with van der Waals surface area (Å²) in [5, 5.41) is 2.62. The van der Waals surface area contributed by atoms with Crippen LogP contribution in [0.25, 0.3) is 0 Å². The van der Waals surface area contributed by atoms with E-state index in [1.54, 1.807) is 0 Å². The highest BCUT2D eigenvalue weighted by Gasteiger charge is 2.22. The first-order valence-corrected chi connectivity index (χ1v) is 10.4. The van der Waals surface area contributed by atoms with Gasteiger partial charge in [-0.05, 0) is 12.8 Å². The van der Waals surface area contributed by atoms with E-state index in [9.17, 15) is 9.59 Å². The van der Waals surface area contributed by atoms with Crippen LogP contribution in [0.3, 0.4) is 0 Å². The van der Waals surface area contributed by atoms with Gasteiger partial charge >= 0.3 is 12.1 Å². The third kappa shape index (κ3) is 14.8. The van der Waals surface area contributed by atoms with E-state index in [2.05, 4.69) is 25.7 Å². The molecule has 1 N–H and O–H groups in total. The number of esters is 1. The van der Waals surface area contributed by atoms with Crippen LogP contribution in [0.1, 0.15) is 90.9 Å². The Morgan fingerprint density at radius 2 is 1.46 bits per heavy atom. The number of hydrogen-bond acceptors (Lipinski definition) is 4. The molecule has 0 aliphatic carbocycles. The molecule has 0 aromatic heterocycles. The number of nitrogens with one attached hydrogen (secondary N) is 1. The van der Waals surface area contributed by atoms with Crippen LogP contribution in [-0.4, -0.2) is 31.3 Å². The zero-order chi connectivity index (χ0) is 19.5. The minimum Gasteiger partial charge on any atom is -0.464 e. The molecular formula is C21H39NO4. The van der Waals surface area contributed by atoms with Crippen LogP contribution in [0.2, 0.25) is 0 Å². The van der Waals surface area contributed by atoms with E-state index in [0.717, 1.165) is 38.5 Å². The van der Waals surface area contributed by atoms with Crippen molar-refractivity contribution in [1.29, 1.82) is 0 Å². The Morgan fingerprint density at radius 3 is 2.08 bits per heavy atom. The van der Waals surface area contributed by atoms with Crippen LogP contribution in [0.15, 0.2) is 12.7 Å². The lowest BCUT2D eigenvalue weighted by atomic mass is 10.1. The van der Waals surface area contributed by atoms with Gasteiger partial charge in [0.15, 0.2) is 0 Å². The molecule has 1 atom stereocenters. The fraction of sp³-hybridized carbons (Fsp3) is 0.810. The number of hydrogen-bond donors (Lipinski definition) is 1. The largest absolute Gasteiger partial charge is 0.464 e. The van der Waals surface area contributed by atoms with Gasteiger partial charge in [0.1, 0.15) is 12.6 Å². The number of carbonyl (C=O) groups is 2. The van der Waals surface area contributed by atoms with E-state index in [4.69, 9.17) is 9.47 Å². The first-order valence-electron chi connectivity index (χ1n) is 10.4. The third-order valence-electron chi connectivity index (χ3n) is 4.25. The van der Waals surface area contributed by atoms with Crippen molar-refractivity contribution in [2.24, 2.45) is 0 Å². The summed E-state index contributed by atoms with van der Waals surface area (Å²) in [4.78, 5) is 24.0. The summed E-state index contributed by atoms with van der Waals surface area (Å²) < 4.78 is 10.3. The van der Waals surface area contributed by atoms with E-state index >= 15 is 0 Å². The highest BCUT2D eigenvalue weighted by molar-refractivity contribution is 5.81. The average Bonchev–Trinajstić information content (AvgIpc) is 2.64. The molecule has 5 nitrogen and oxygen atoms in total. The van der Waals surface area contributed by atoms with Crippen molar-refractivity contribution < 1.29 is 19.1 Å². The molecule has 0 bridgehead atoms. The fourth-order valence-electron chi connectivity index (χ4n) is 2.68. The average molecular weight is 370 g/mol. The summed E-state index contributed by atoms with van der Waals surface area (Å²) in [6, 6.07) is -0.631. The first-order chi connectivity index (χ1) is 12.7. The van der Waals surface area contributed by atoms with Crippen LogP contribution in [0.4, 0.5) is 4.79 Å². The van der Waals surface area contributed by atoms with E-state index < -0.39 is 12.1 Å². The second-order valence-electron chi connectivity index (χ2n) is 6.72. The Kier molecular flexibility index (Phi) is 17.2. The molecule has 152 valence electrons.